The standard InChI is InChI=1S/C22H26ClN7O2S/c1-15-3-2-4-17(23)20(15)29-21(31)18-13-25-22(33-18)28-19-11-16(26-14-27-19)12-24-5-6-30-7-9-32-10-8-30/h2-4,11,13-14,24H,5-10,12H2,1H3,(H,29,31)(H,25,26,27,28). The highest BCUT2D eigenvalue weighted by Crippen LogP contribution is 2.27. The molecule has 0 bridgehead atoms. The van der Waals surface area contributed by atoms with Crippen molar-refractivity contribution in [1.29, 1.82) is 0 Å². The van der Waals surface area contributed by atoms with Gasteiger partial charge >= 0.3 is 0 Å². The molecule has 0 saturated carbocycles. The van der Waals surface area contributed by atoms with Crippen molar-refractivity contribution >= 4 is 45.5 Å². The number of para-hydroxylation sites is 1. The van der Waals surface area contributed by atoms with Gasteiger partial charge in [0.2, 0.25) is 0 Å². The molecular weight excluding hydrogens is 462 g/mol. The fourth-order valence-corrected chi connectivity index (χ4v) is 4.34. The van der Waals surface area contributed by atoms with Crippen molar-refractivity contribution in [3.63, 3.8) is 0 Å². The molecule has 1 saturated heterocycles. The largest absolute Gasteiger partial charge is 0.379 e. The van der Waals surface area contributed by atoms with E-state index in [0.717, 1.165) is 50.7 Å². The first-order valence-electron chi connectivity index (χ1n) is 10.7. The van der Waals surface area contributed by atoms with E-state index in [1.165, 1.54) is 23.9 Å². The summed E-state index contributed by atoms with van der Waals surface area (Å²) in [6.45, 7) is 7.97. The molecule has 0 unspecified atom stereocenters. The molecule has 3 heterocycles. The van der Waals surface area contributed by atoms with Crippen molar-refractivity contribution in [3.8, 4) is 0 Å². The molecule has 1 fully saturated rings. The lowest BCUT2D eigenvalue weighted by Gasteiger charge is -2.26. The summed E-state index contributed by atoms with van der Waals surface area (Å²) in [7, 11) is 0. The molecule has 4 rings (SSSR count). The fourth-order valence-electron chi connectivity index (χ4n) is 3.35. The number of halogens is 1. The first-order valence-corrected chi connectivity index (χ1v) is 11.9. The zero-order chi connectivity index (χ0) is 23.0. The predicted octanol–water partition coefficient (Wildman–Crippen LogP) is 3.31. The number of carbonyl (C=O) groups excluding carboxylic acids is 1. The van der Waals surface area contributed by atoms with Gasteiger partial charge < -0.3 is 20.7 Å². The molecule has 1 amide bonds. The van der Waals surface area contributed by atoms with Crippen LogP contribution in [-0.2, 0) is 11.3 Å². The highest BCUT2D eigenvalue weighted by Gasteiger charge is 2.14. The van der Waals surface area contributed by atoms with Gasteiger partial charge in [-0.1, -0.05) is 35.1 Å². The Morgan fingerprint density at radius 3 is 2.91 bits per heavy atom. The lowest BCUT2D eigenvalue weighted by atomic mass is 10.2. The number of amides is 1. The number of hydrogen-bond donors (Lipinski definition) is 3. The molecule has 3 aromatic rings. The second-order valence-electron chi connectivity index (χ2n) is 7.57. The third-order valence-electron chi connectivity index (χ3n) is 5.16. The second-order valence-corrected chi connectivity index (χ2v) is 9.00. The molecule has 0 spiro atoms. The average Bonchev–Trinajstić information content (AvgIpc) is 3.29. The molecule has 11 heteroatoms. The van der Waals surface area contributed by atoms with Crippen molar-refractivity contribution in [1.82, 2.24) is 25.2 Å². The van der Waals surface area contributed by atoms with Gasteiger partial charge in [0.15, 0.2) is 5.13 Å². The predicted molar refractivity (Wildman–Crippen MR) is 131 cm³/mol. The van der Waals surface area contributed by atoms with E-state index >= 15 is 0 Å². The maximum absolute atomic E-state index is 12.6. The summed E-state index contributed by atoms with van der Waals surface area (Å²) >= 11 is 7.45. The minimum atomic E-state index is -0.260. The Morgan fingerprint density at radius 1 is 1.24 bits per heavy atom. The van der Waals surface area contributed by atoms with Gasteiger partial charge in [0.1, 0.15) is 17.0 Å². The molecule has 9 nitrogen and oxygen atoms in total. The summed E-state index contributed by atoms with van der Waals surface area (Å²) in [5, 5.41) is 10.5. The summed E-state index contributed by atoms with van der Waals surface area (Å²) in [6, 6.07) is 7.35. The topological polar surface area (TPSA) is 104 Å². The van der Waals surface area contributed by atoms with Crippen LogP contribution in [0.15, 0.2) is 36.8 Å². The summed E-state index contributed by atoms with van der Waals surface area (Å²) in [6.07, 6.45) is 3.05. The van der Waals surface area contributed by atoms with Gasteiger partial charge in [0, 0.05) is 38.8 Å². The van der Waals surface area contributed by atoms with Gasteiger partial charge in [-0.25, -0.2) is 15.0 Å². The van der Waals surface area contributed by atoms with Crippen LogP contribution < -0.4 is 16.0 Å². The molecule has 33 heavy (non-hydrogen) atoms. The first kappa shape index (κ1) is 23.5. The molecule has 3 N–H and O–H groups in total. The number of nitrogens with zero attached hydrogens (tertiary/aromatic N) is 4. The van der Waals surface area contributed by atoms with Crippen LogP contribution in [0.4, 0.5) is 16.6 Å². The molecular formula is C22H26ClN7O2S. The number of rotatable bonds is 9. The number of aromatic nitrogens is 3. The zero-order valence-electron chi connectivity index (χ0n) is 18.3. The van der Waals surface area contributed by atoms with Crippen LogP contribution in [0.2, 0.25) is 5.02 Å². The number of nitrogens with one attached hydrogen (secondary N) is 3. The van der Waals surface area contributed by atoms with Gasteiger partial charge in [-0.05, 0) is 18.6 Å². The maximum Gasteiger partial charge on any atom is 0.267 e. The SMILES string of the molecule is Cc1cccc(Cl)c1NC(=O)c1cnc(Nc2cc(CNCCN3CCOCC3)ncn2)s1. The van der Waals surface area contributed by atoms with Gasteiger partial charge in [-0.15, -0.1) is 0 Å². The van der Waals surface area contributed by atoms with Gasteiger partial charge in [0.05, 0.1) is 35.8 Å². The Hall–Kier alpha value is -2.63. The van der Waals surface area contributed by atoms with Crippen LogP contribution in [0.5, 0.6) is 0 Å². The minimum absolute atomic E-state index is 0.260. The van der Waals surface area contributed by atoms with Crippen molar-refractivity contribution < 1.29 is 9.53 Å². The Kier molecular flexibility index (Phi) is 8.19. The average molecular weight is 488 g/mol. The van der Waals surface area contributed by atoms with Crippen LogP contribution in [0.1, 0.15) is 20.9 Å². The van der Waals surface area contributed by atoms with E-state index in [-0.39, 0.29) is 5.91 Å². The summed E-state index contributed by atoms with van der Waals surface area (Å²) in [5.74, 6) is 0.364. The summed E-state index contributed by atoms with van der Waals surface area (Å²) < 4.78 is 5.37. The molecule has 2 aromatic heterocycles. The Bertz CT molecular complexity index is 1070. The van der Waals surface area contributed by atoms with Crippen LogP contribution >= 0.6 is 22.9 Å². The highest BCUT2D eigenvalue weighted by molar-refractivity contribution is 7.17. The lowest BCUT2D eigenvalue weighted by molar-refractivity contribution is 0.0384. The minimum Gasteiger partial charge on any atom is -0.379 e. The van der Waals surface area contributed by atoms with E-state index in [9.17, 15) is 4.79 Å². The Morgan fingerprint density at radius 2 is 2.09 bits per heavy atom. The summed E-state index contributed by atoms with van der Waals surface area (Å²) in [4.78, 5) is 28.4. The number of ether oxygens (including phenoxy) is 1. The lowest BCUT2D eigenvalue weighted by Crippen LogP contribution is -2.40. The van der Waals surface area contributed by atoms with Crippen LogP contribution in [0.3, 0.4) is 0 Å². The maximum atomic E-state index is 12.6. The number of benzene rings is 1. The highest BCUT2D eigenvalue weighted by atomic mass is 35.5. The second kappa shape index (κ2) is 11.5. The summed E-state index contributed by atoms with van der Waals surface area (Å²) in [5.41, 5.74) is 2.37. The first-order chi connectivity index (χ1) is 16.1. The fraction of sp³-hybridized carbons (Fsp3) is 0.364. The molecule has 0 radical (unpaired) electrons. The van der Waals surface area contributed by atoms with E-state index in [1.807, 2.05) is 25.1 Å². The molecule has 1 aliphatic heterocycles. The zero-order valence-corrected chi connectivity index (χ0v) is 19.9. The molecule has 1 aliphatic rings. The normalized spacial score (nSPS) is 14.2. The number of anilines is 3. The smallest absolute Gasteiger partial charge is 0.267 e. The van der Waals surface area contributed by atoms with E-state index in [0.29, 0.717) is 33.1 Å². The Balaban J connectivity index is 1.29. The van der Waals surface area contributed by atoms with Crippen LogP contribution in [-0.4, -0.2) is 65.2 Å². The molecule has 0 atom stereocenters. The monoisotopic (exact) mass is 487 g/mol. The van der Waals surface area contributed by atoms with E-state index in [2.05, 4.69) is 35.8 Å². The third-order valence-corrected chi connectivity index (χ3v) is 6.39. The van der Waals surface area contributed by atoms with E-state index in [4.69, 9.17) is 16.3 Å². The number of carbonyl (C=O) groups is 1. The number of thiazole rings is 1. The number of hydrogen-bond acceptors (Lipinski definition) is 9. The Labute approximate surface area is 201 Å². The molecule has 1 aromatic carbocycles. The number of aryl methyl sites for hydroxylation is 1. The van der Waals surface area contributed by atoms with E-state index in [1.54, 1.807) is 6.07 Å². The van der Waals surface area contributed by atoms with Crippen LogP contribution in [0, 0.1) is 6.92 Å². The van der Waals surface area contributed by atoms with E-state index < -0.39 is 0 Å². The number of morpholine rings is 1. The van der Waals surface area contributed by atoms with Crippen molar-refractivity contribution in [3.05, 3.63) is 57.9 Å². The van der Waals surface area contributed by atoms with Gasteiger partial charge in [-0.2, -0.15) is 0 Å². The van der Waals surface area contributed by atoms with Gasteiger partial charge in [-0.3, -0.25) is 9.69 Å². The van der Waals surface area contributed by atoms with Gasteiger partial charge in [0.25, 0.3) is 5.91 Å². The van der Waals surface area contributed by atoms with Crippen LogP contribution in [0.25, 0.3) is 0 Å². The molecule has 174 valence electrons. The van der Waals surface area contributed by atoms with Crippen molar-refractivity contribution in [2.24, 2.45) is 0 Å². The van der Waals surface area contributed by atoms with Crippen molar-refractivity contribution in [2.75, 3.05) is 50.0 Å². The molecule has 0 aliphatic carbocycles. The quantitative estimate of drug-likeness (QED) is 0.395. The van der Waals surface area contributed by atoms with Crippen molar-refractivity contribution in [2.45, 2.75) is 13.5 Å². The third kappa shape index (κ3) is 6.68.